The van der Waals surface area contributed by atoms with E-state index in [9.17, 15) is 81.0 Å². The number of sulfone groups is 3. The fourth-order valence-corrected chi connectivity index (χ4v) is 18.4. The van der Waals surface area contributed by atoms with Crippen LogP contribution in [-0.2, 0) is 78.5 Å². The number of halogens is 8. The van der Waals surface area contributed by atoms with Crippen molar-refractivity contribution in [2.75, 3.05) is 92.0 Å². The van der Waals surface area contributed by atoms with Crippen LogP contribution in [0, 0.1) is 17.5 Å². The first kappa shape index (κ1) is 104. The Morgan fingerprint density at radius 1 is 0.517 bits per heavy atom. The van der Waals surface area contributed by atoms with Gasteiger partial charge in [-0.05, 0) is 118 Å². The number of hydrogen-bond donors (Lipinski definition) is 8. The van der Waals surface area contributed by atoms with E-state index in [-0.39, 0.29) is 71.9 Å². The minimum Gasteiger partial charge on any atom is -0.479 e. The van der Waals surface area contributed by atoms with Crippen molar-refractivity contribution < 1.29 is 111 Å². The summed E-state index contributed by atoms with van der Waals surface area (Å²) in [7, 11) is -8.61. The maximum atomic E-state index is 14.7. The van der Waals surface area contributed by atoms with Gasteiger partial charge >= 0.3 is 36.2 Å². The molecule has 0 saturated carbocycles. The molecule has 0 aromatic heterocycles. The van der Waals surface area contributed by atoms with Crippen LogP contribution in [0.1, 0.15) is 76.2 Å². The van der Waals surface area contributed by atoms with Crippen molar-refractivity contribution in [3.05, 3.63) is 171 Å². The highest BCUT2D eigenvalue weighted by Gasteiger charge is 2.49. The molecule has 6 aromatic carbocycles. The molecule has 5 saturated heterocycles. The molecule has 5 heterocycles. The van der Waals surface area contributed by atoms with Crippen molar-refractivity contribution in [1.82, 2.24) is 30.2 Å². The van der Waals surface area contributed by atoms with Crippen LogP contribution in [0.3, 0.4) is 0 Å². The molecule has 30 nitrogen and oxygen atoms in total. The lowest BCUT2D eigenvalue weighted by molar-refractivity contribution is -0.140. The second-order valence-corrected chi connectivity index (χ2v) is 40.4. The van der Waals surface area contributed by atoms with Gasteiger partial charge in [0.1, 0.15) is 22.0 Å². The highest BCUT2D eigenvalue weighted by atomic mass is 35.5. The SMILES string of the molecule is CC(C)(C)OC(=O)N1CCS(=O)(=O)[C@H]1C(=O)O.CC(C)(C)OC(=O)N1CCS(=O)(=O)[C@H]1C(=O)O.CC(C)(C)OC(=O)N1CCS[C@H]1C(=O)O.CC(C)=C(Cl)N(C)C.Cl.Nc1cccc(-c2ccccc2Cl)c1F.O=C(Nc1cccc(-c2ccccc2Cl)c1F)[C@H]1NCCS1(=O)=O.O=C(Nc1cccc(-c2ccccc2Cl)c1F)[C@H]1NCCS1=O. The van der Waals surface area contributed by atoms with Gasteiger partial charge in [-0.3, -0.25) is 39.1 Å². The van der Waals surface area contributed by atoms with Crippen LogP contribution in [-0.4, -0.2) is 232 Å². The second kappa shape index (κ2) is 44.9. The number of thioether (sulfide) groups is 1. The number of carboxylic acids is 3. The van der Waals surface area contributed by atoms with E-state index in [1.807, 2.05) is 38.9 Å². The number of nitrogens with two attached hydrogens (primary N) is 1. The summed E-state index contributed by atoms with van der Waals surface area (Å²) < 4.78 is 139. The van der Waals surface area contributed by atoms with Crippen molar-refractivity contribution in [2.24, 2.45) is 0 Å². The lowest BCUT2D eigenvalue weighted by Crippen LogP contribution is -2.45. The highest BCUT2D eigenvalue weighted by Crippen LogP contribution is 2.36. The van der Waals surface area contributed by atoms with E-state index in [0.717, 1.165) is 20.5 Å². The topological polar surface area (TPSA) is 432 Å². The maximum absolute atomic E-state index is 14.7. The number of carbonyl (C=O) groups excluding carboxylic acids is 5. The van der Waals surface area contributed by atoms with E-state index >= 15 is 0 Å². The fourth-order valence-electron chi connectivity index (χ4n) is 10.9. The summed E-state index contributed by atoms with van der Waals surface area (Å²) in [4.78, 5) is 96.3. The third-order valence-corrected chi connectivity index (χ3v) is 26.2. The van der Waals surface area contributed by atoms with Crippen LogP contribution < -0.4 is 27.0 Å². The summed E-state index contributed by atoms with van der Waals surface area (Å²) in [6.45, 7) is 19.8. The molecule has 6 atom stereocenters. The van der Waals surface area contributed by atoms with Gasteiger partial charge in [0.05, 0.1) is 34.3 Å². The van der Waals surface area contributed by atoms with Gasteiger partial charge in [0.2, 0.25) is 10.7 Å². The molecular weight excluding hydrogens is 1780 g/mol. The number of ether oxygens (including phenoxy) is 3. The van der Waals surface area contributed by atoms with E-state index < -0.39 is 149 Å². The number of nitrogen functional groups attached to an aromatic ring is 1. The fraction of sp³-hybridized carbons (Fsp3) is 0.403. The molecule has 0 radical (unpaired) electrons. The van der Waals surface area contributed by atoms with Gasteiger partial charge in [-0.15, -0.1) is 24.2 Å². The molecule has 9 N–H and O–H groups in total. The number of rotatable bonds is 11. The summed E-state index contributed by atoms with van der Waals surface area (Å²) in [6, 6.07) is 34.8. The Kier molecular flexibility index (Phi) is 38.8. The summed E-state index contributed by atoms with van der Waals surface area (Å²) in [5.41, 5.74) is 7.17. The summed E-state index contributed by atoms with van der Waals surface area (Å²) in [5, 5.41) is 32.3. The lowest BCUT2D eigenvalue weighted by atomic mass is 10.0. The molecule has 0 bridgehead atoms. The van der Waals surface area contributed by atoms with Gasteiger partial charge in [0.25, 0.3) is 11.8 Å². The van der Waals surface area contributed by atoms with Crippen LogP contribution in [0.15, 0.2) is 138 Å². The molecule has 5 fully saturated rings. The highest BCUT2D eigenvalue weighted by molar-refractivity contribution is 8.00. The van der Waals surface area contributed by atoms with Gasteiger partial charge < -0.3 is 50.8 Å². The van der Waals surface area contributed by atoms with Gasteiger partial charge in [0, 0.05) is 118 Å². The van der Waals surface area contributed by atoms with E-state index in [4.69, 9.17) is 81.7 Å². The van der Waals surface area contributed by atoms with Crippen molar-refractivity contribution in [1.29, 1.82) is 0 Å². The predicted octanol–water partition coefficient (Wildman–Crippen LogP) is 12.9. The number of carboxylic acid groups (broad SMARTS) is 3. The standard InChI is InChI=1S/C16H14ClFN2O3S.C16H14ClFN2O2S.C12H9ClFN.2C9H15NO6S.C9H15NO4S.C6H12ClN.ClH/c17-12-6-2-1-4-10(12)11-5-3-7-13(14(11)18)20-15(21)16-19-8-9-24(16,22)23;17-12-6-2-1-4-10(12)11-5-3-7-13(14(11)18)20-15(21)16-19-8-9-23(16)22;13-10-6-2-1-4-8(10)9-5-3-7-11(15)12(9)14;2*1-9(2,3)16-8(13)10-4-5-17(14,15)6(10)7(11)12;1-9(2,3)14-8(13)10-4-5-15-6(10)7(11)12;1-5(2)6(7)8(3)4;/h1-7,16,19H,8-9H2,(H,20,21);1-7,16,19H,8-9H2,(H,20,21);1-7H,15H2;2*6H,4-5H2,1-3H3,(H,11,12);6H,4-5H2,1-3H3,(H,11,12);1-4H3;1H/t16-;16-,23?;;3*6-;;/m00.000../s1. The number of amides is 5. The molecule has 120 heavy (non-hydrogen) atoms. The van der Waals surface area contributed by atoms with E-state index in [1.165, 1.54) is 40.9 Å². The summed E-state index contributed by atoms with van der Waals surface area (Å²) in [5.74, 6) is -6.88. The lowest BCUT2D eigenvalue weighted by Gasteiger charge is -2.26. The van der Waals surface area contributed by atoms with Gasteiger partial charge in [0.15, 0.2) is 63.1 Å². The van der Waals surface area contributed by atoms with E-state index in [1.54, 1.807) is 159 Å². The quantitative estimate of drug-likeness (QED) is 0.0339. The molecule has 43 heteroatoms. The second-order valence-electron chi connectivity index (χ2n) is 29.5. The molecule has 5 aliphatic heterocycles. The van der Waals surface area contributed by atoms with Crippen molar-refractivity contribution in [2.45, 2.75) is 120 Å². The number of hydrogen-bond acceptors (Lipinski definition) is 23. The number of carbonyl (C=O) groups is 8. The minimum atomic E-state index is -3.81. The van der Waals surface area contributed by atoms with Crippen LogP contribution in [0.25, 0.3) is 33.4 Å². The van der Waals surface area contributed by atoms with E-state index in [2.05, 4.69) is 21.3 Å². The average Bonchev–Trinajstić information content (AvgIpc) is 1.66. The third kappa shape index (κ3) is 30.1. The monoisotopic (exact) mass is 1870 g/mol. The Hall–Kier alpha value is -8.67. The van der Waals surface area contributed by atoms with Crippen LogP contribution in [0.4, 0.5) is 44.6 Å². The molecule has 0 spiro atoms. The number of benzene rings is 6. The molecule has 1 unspecified atom stereocenters. The molecule has 5 aliphatic rings. The Labute approximate surface area is 727 Å². The molecule has 11 rings (SSSR count). The average molecular weight is 1880 g/mol. The van der Waals surface area contributed by atoms with Crippen LogP contribution >= 0.6 is 70.6 Å². The van der Waals surface area contributed by atoms with Crippen molar-refractivity contribution in [3.8, 4) is 33.4 Å². The number of nitrogens with zero attached hydrogens (tertiary/aromatic N) is 4. The number of aliphatic carboxylic acids is 3. The minimum absolute atomic E-state index is 0. The Morgan fingerprint density at radius 3 is 1.21 bits per heavy atom. The largest absolute Gasteiger partial charge is 0.479 e. The zero-order valence-corrected chi connectivity index (χ0v) is 75.2. The first-order chi connectivity index (χ1) is 55.1. The van der Waals surface area contributed by atoms with E-state index in [0.29, 0.717) is 67.5 Å². The summed E-state index contributed by atoms with van der Waals surface area (Å²) in [6.07, 6.45) is -2.41. The number of allylic oxidation sites excluding steroid dienone is 1. The molecule has 0 aliphatic carbocycles. The van der Waals surface area contributed by atoms with Crippen LogP contribution in [0.5, 0.6) is 0 Å². The number of anilines is 3. The zero-order chi connectivity index (χ0) is 89.8. The normalized spacial score (nSPS) is 18.9. The van der Waals surface area contributed by atoms with Gasteiger partial charge in [-0.25, -0.2) is 67.2 Å². The molecular formula is C77H95Cl5F3N9O21S5. The first-order valence-electron chi connectivity index (χ1n) is 35.9. The maximum Gasteiger partial charge on any atom is 0.411 e. The van der Waals surface area contributed by atoms with Crippen molar-refractivity contribution >= 4 is 176 Å². The smallest absolute Gasteiger partial charge is 0.411 e. The Balaban J connectivity index is 0.000000299. The van der Waals surface area contributed by atoms with Crippen molar-refractivity contribution in [3.63, 3.8) is 0 Å². The predicted molar refractivity (Wildman–Crippen MR) is 461 cm³/mol. The molecule has 660 valence electrons. The molecule has 6 aromatic rings. The Bertz CT molecular complexity index is 5030. The van der Waals surface area contributed by atoms with Crippen LogP contribution in [0.2, 0.25) is 15.1 Å². The van der Waals surface area contributed by atoms with Gasteiger partial charge in [-0.1, -0.05) is 137 Å². The number of nitrogens with one attached hydrogen (secondary N) is 4. The zero-order valence-electron chi connectivity index (χ0n) is 67.2. The third-order valence-electron chi connectivity index (χ3n) is 16.2. The first-order valence-corrected chi connectivity index (χ1v) is 45.0. The summed E-state index contributed by atoms with van der Waals surface area (Å²) >= 11 is 25.2. The Morgan fingerprint density at radius 2 is 0.883 bits per heavy atom. The molecule has 5 amide bonds. The van der Waals surface area contributed by atoms with Gasteiger partial charge in [-0.2, -0.15) is 0 Å².